The average molecular weight is 276 g/mol. The van der Waals surface area contributed by atoms with Crippen LogP contribution in [-0.4, -0.2) is 30.0 Å². The highest BCUT2D eigenvalue weighted by Crippen LogP contribution is 2.32. The lowest BCUT2D eigenvalue weighted by Gasteiger charge is -2.20. The minimum Gasteiger partial charge on any atom is -0.486 e. The molecule has 0 bridgehead atoms. The second-order valence-electron chi connectivity index (χ2n) is 4.54. The summed E-state index contributed by atoms with van der Waals surface area (Å²) in [6, 6.07) is 7.26. The molecule has 3 rings (SSSR count). The van der Waals surface area contributed by atoms with Gasteiger partial charge in [-0.1, -0.05) is 11.2 Å². The molecule has 0 spiro atoms. The van der Waals surface area contributed by atoms with Crippen molar-refractivity contribution in [2.24, 2.45) is 0 Å². The van der Waals surface area contributed by atoms with E-state index in [1.165, 1.54) is 6.26 Å². The zero-order valence-electron chi connectivity index (χ0n) is 10.9. The van der Waals surface area contributed by atoms with Gasteiger partial charge >= 0.3 is 0 Å². The number of aliphatic hydroxyl groups is 1. The van der Waals surface area contributed by atoms with Gasteiger partial charge in [-0.25, -0.2) is 0 Å². The van der Waals surface area contributed by atoms with Gasteiger partial charge in [0.2, 0.25) is 0 Å². The van der Waals surface area contributed by atoms with Gasteiger partial charge in [-0.3, -0.25) is 0 Å². The lowest BCUT2D eigenvalue weighted by molar-refractivity contribution is 0.163. The molecule has 0 radical (unpaired) electrons. The Kier molecular flexibility index (Phi) is 3.85. The van der Waals surface area contributed by atoms with Gasteiger partial charge in [0, 0.05) is 19.2 Å². The molecule has 0 aliphatic carbocycles. The largest absolute Gasteiger partial charge is 0.486 e. The number of rotatable bonds is 5. The molecule has 1 unspecified atom stereocenters. The Morgan fingerprint density at radius 2 is 2.05 bits per heavy atom. The summed E-state index contributed by atoms with van der Waals surface area (Å²) in [4.78, 5) is 0. The zero-order valence-corrected chi connectivity index (χ0v) is 10.9. The van der Waals surface area contributed by atoms with Crippen LogP contribution in [0, 0.1) is 0 Å². The number of aromatic nitrogens is 1. The number of benzene rings is 1. The van der Waals surface area contributed by atoms with Crippen LogP contribution in [0.5, 0.6) is 11.5 Å². The van der Waals surface area contributed by atoms with E-state index in [2.05, 4.69) is 10.5 Å². The minimum atomic E-state index is -0.613. The van der Waals surface area contributed by atoms with E-state index in [1.54, 1.807) is 6.07 Å². The topological polar surface area (TPSA) is 76.8 Å². The summed E-state index contributed by atoms with van der Waals surface area (Å²) in [5.74, 6) is 1.41. The smallest absolute Gasteiger partial charge is 0.161 e. The van der Waals surface area contributed by atoms with Crippen molar-refractivity contribution in [2.75, 3.05) is 19.8 Å². The predicted molar refractivity (Wildman–Crippen MR) is 70.6 cm³/mol. The van der Waals surface area contributed by atoms with Crippen LogP contribution in [-0.2, 0) is 6.54 Å². The summed E-state index contributed by atoms with van der Waals surface area (Å²) >= 11 is 0. The normalized spacial score (nSPS) is 15.1. The number of hydrogen-bond donors (Lipinski definition) is 2. The molecule has 2 heterocycles. The van der Waals surface area contributed by atoms with Crippen molar-refractivity contribution >= 4 is 0 Å². The molecule has 1 aliphatic heterocycles. The summed E-state index contributed by atoms with van der Waals surface area (Å²) in [7, 11) is 0. The van der Waals surface area contributed by atoms with Crippen molar-refractivity contribution < 1.29 is 19.1 Å². The fourth-order valence-electron chi connectivity index (χ4n) is 2.05. The van der Waals surface area contributed by atoms with Crippen LogP contribution in [0.15, 0.2) is 35.1 Å². The van der Waals surface area contributed by atoms with Gasteiger partial charge in [0.1, 0.15) is 19.5 Å². The molecule has 1 atom stereocenters. The maximum atomic E-state index is 10.1. The molecular formula is C14H16N2O4. The lowest BCUT2D eigenvalue weighted by atomic mass is 10.1. The van der Waals surface area contributed by atoms with Gasteiger partial charge in [-0.2, -0.15) is 0 Å². The third-order valence-corrected chi connectivity index (χ3v) is 3.09. The number of aliphatic hydroxyl groups excluding tert-OH is 1. The maximum absolute atomic E-state index is 10.1. The first-order chi connectivity index (χ1) is 9.83. The predicted octanol–water partition coefficient (Wildman–Crippen LogP) is 1.27. The molecule has 2 aromatic rings. The van der Waals surface area contributed by atoms with E-state index in [9.17, 15) is 5.11 Å². The molecule has 106 valence electrons. The Hall–Kier alpha value is -2.05. The van der Waals surface area contributed by atoms with E-state index in [0.717, 1.165) is 17.0 Å². The number of nitrogens with one attached hydrogen (secondary N) is 1. The highest BCUT2D eigenvalue weighted by molar-refractivity contribution is 5.44. The molecule has 1 aromatic heterocycles. The lowest BCUT2D eigenvalue weighted by Crippen LogP contribution is -2.21. The Labute approximate surface area is 116 Å². The quantitative estimate of drug-likeness (QED) is 0.856. The van der Waals surface area contributed by atoms with Gasteiger partial charge in [0.15, 0.2) is 11.5 Å². The third-order valence-electron chi connectivity index (χ3n) is 3.09. The zero-order chi connectivity index (χ0) is 13.8. The SMILES string of the molecule is OC(CNCc1ccon1)c1ccc2c(c1)OCCO2. The molecular weight excluding hydrogens is 260 g/mol. The van der Waals surface area contributed by atoms with E-state index in [0.29, 0.717) is 32.1 Å². The first kappa shape index (κ1) is 13.0. The number of hydrogen-bond acceptors (Lipinski definition) is 6. The summed E-state index contributed by atoms with van der Waals surface area (Å²) in [6.07, 6.45) is 0.909. The first-order valence-electron chi connectivity index (χ1n) is 6.50. The van der Waals surface area contributed by atoms with Crippen molar-refractivity contribution in [1.29, 1.82) is 0 Å². The summed E-state index contributed by atoms with van der Waals surface area (Å²) in [5.41, 5.74) is 1.60. The molecule has 1 aliphatic rings. The van der Waals surface area contributed by atoms with Crippen molar-refractivity contribution in [3.05, 3.63) is 41.8 Å². The van der Waals surface area contributed by atoms with Crippen LogP contribution in [0.2, 0.25) is 0 Å². The summed E-state index contributed by atoms with van der Waals surface area (Å²) in [6.45, 7) is 2.08. The monoisotopic (exact) mass is 276 g/mol. The molecule has 0 saturated carbocycles. The Balaban J connectivity index is 1.57. The van der Waals surface area contributed by atoms with Crippen LogP contribution in [0.3, 0.4) is 0 Å². The molecule has 0 fully saturated rings. The Morgan fingerprint density at radius 1 is 1.20 bits per heavy atom. The van der Waals surface area contributed by atoms with Crippen molar-refractivity contribution in [3.63, 3.8) is 0 Å². The minimum absolute atomic E-state index is 0.423. The fraction of sp³-hybridized carbons (Fsp3) is 0.357. The van der Waals surface area contributed by atoms with Gasteiger partial charge in [-0.05, 0) is 17.7 Å². The fourth-order valence-corrected chi connectivity index (χ4v) is 2.05. The van der Waals surface area contributed by atoms with Gasteiger partial charge in [0.25, 0.3) is 0 Å². The van der Waals surface area contributed by atoms with E-state index in [-0.39, 0.29) is 0 Å². The summed E-state index contributed by atoms with van der Waals surface area (Å²) in [5, 5.41) is 17.1. The third kappa shape index (κ3) is 2.92. The van der Waals surface area contributed by atoms with Gasteiger partial charge < -0.3 is 24.4 Å². The second kappa shape index (κ2) is 5.94. The Morgan fingerprint density at radius 3 is 2.85 bits per heavy atom. The molecule has 0 amide bonds. The van der Waals surface area contributed by atoms with Crippen molar-refractivity contribution in [1.82, 2.24) is 10.5 Å². The molecule has 0 saturated heterocycles. The second-order valence-corrected chi connectivity index (χ2v) is 4.54. The van der Waals surface area contributed by atoms with E-state index < -0.39 is 6.10 Å². The highest BCUT2D eigenvalue weighted by atomic mass is 16.6. The van der Waals surface area contributed by atoms with Crippen LogP contribution < -0.4 is 14.8 Å². The van der Waals surface area contributed by atoms with Crippen LogP contribution in [0.25, 0.3) is 0 Å². The molecule has 6 heteroatoms. The van der Waals surface area contributed by atoms with E-state index in [1.807, 2.05) is 18.2 Å². The molecule has 6 nitrogen and oxygen atoms in total. The highest BCUT2D eigenvalue weighted by Gasteiger charge is 2.15. The van der Waals surface area contributed by atoms with Crippen LogP contribution >= 0.6 is 0 Å². The first-order valence-corrected chi connectivity index (χ1v) is 6.50. The number of nitrogens with zero attached hydrogens (tertiary/aromatic N) is 1. The number of ether oxygens (including phenoxy) is 2. The molecule has 2 N–H and O–H groups in total. The molecule has 1 aromatic carbocycles. The van der Waals surface area contributed by atoms with Crippen molar-refractivity contribution in [2.45, 2.75) is 12.6 Å². The standard InChI is InChI=1S/C14H16N2O4/c17-12(9-15-8-11-3-4-20-16-11)10-1-2-13-14(7-10)19-6-5-18-13/h1-4,7,12,15,17H,5-6,8-9H2. The van der Waals surface area contributed by atoms with E-state index >= 15 is 0 Å². The summed E-state index contributed by atoms with van der Waals surface area (Å²) < 4.78 is 15.7. The van der Waals surface area contributed by atoms with Gasteiger partial charge in [0.05, 0.1) is 11.8 Å². The van der Waals surface area contributed by atoms with Crippen LogP contribution in [0.1, 0.15) is 17.4 Å². The van der Waals surface area contributed by atoms with Crippen LogP contribution in [0.4, 0.5) is 0 Å². The molecule has 20 heavy (non-hydrogen) atoms. The van der Waals surface area contributed by atoms with E-state index in [4.69, 9.17) is 14.0 Å². The maximum Gasteiger partial charge on any atom is 0.161 e. The average Bonchev–Trinajstić information content (AvgIpc) is 3.00. The van der Waals surface area contributed by atoms with Crippen molar-refractivity contribution in [3.8, 4) is 11.5 Å². The van der Waals surface area contributed by atoms with Gasteiger partial charge in [-0.15, -0.1) is 0 Å². The number of fused-ring (bicyclic) bond motifs is 1. The Bertz CT molecular complexity index is 556.